The van der Waals surface area contributed by atoms with E-state index in [9.17, 15) is 0 Å². The van der Waals surface area contributed by atoms with Crippen LogP contribution in [0, 0.1) is 5.92 Å². The van der Waals surface area contributed by atoms with E-state index in [0.29, 0.717) is 5.03 Å². The summed E-state index contributed by atoms with van der Waals surface area (Å²) < 4.78 is 0. The van der Waals surface area contributed by atoms with Crippen molar-refractivity contribution in [1.29, 1.82) is 0 Å². The predicted molar refractivity (Wildman–Crippen MR) is 39.2 cm³/mol. The van der Waals surface area contributed by atoms with Crippen molar-refractivity contribution in [3.8, 4) is 0 Å². The molecule has 0 aliphatic carbocycles. The van der Waals surface area contributed by atoms with Gasteiger partial charge in [0.2, 0.25) is 0 Å². The minimum Gasteiger partial charge on any atom is -0.102 e. The second-order valence-electron chi connectivity index (χ2n) is 1.52. The molecule has 0 aliphatic heterocycles. The lowest BCUT2D eigenvalue weighted by molar-refractivity contribution is 0.924. The van der Waals surface area contributed by atoms with Gasteiger partial charge in [0.25, 0.3) is 0 Å². The molecule has 8 heavy (non-hydrogen) atoms. The van der Waals surface area contributed by atoms with E-state index in [2.05, 4.69) is 6.58 Å². The maximum atomic E-state index is 5.57. The van der Waals surface area contributed by atoms with Crippen molar-refractivity contribution in [3.63, 3.8) is 0 Å². The van der Waals surface area contributed by atoms with Crippen LogP contribution < -0.4 is 0 Å². The first-order valence-electron chi connectivity index (χ1n) is 2.30. The van der Waals surface area contributed by atoms with Crippen LogP contribution in [0.2, 0.25) is 0 Å². The molecule has 0 aromatic rings. The van der Waals surface area contributed by atoms with Crippen LogP contribution in [0.15, 0.2) is 23.2 Å². The molecule has 0 rings (SSSR count). The molecule has 0 fully saturated rings. The molecule has 0 amide bonds. The third-order valence-electron chi connectivity index (χ3n) is 0.893. The van der Waals surface area contributed by atoms with Gasteiger partial charge >= 0.3 is 0 Å². The van der Waals surface area contributed by atoms with Crippen LogP contribution in [-0.2, 0) is 0 Å². The zero-order valence-corrected chi connectivity index (χ0v) is 6.21. The van der Waals surface area contributed by atoms with Gasteiger partial charge in [-0.25, -0.2) is 0 Å². The number of rotatable bonds is 2. The minimum atomic E-state index is 0.175. The smallest absolute Gasteiger partial charge is 0.0359 e. The lowest BCUT2D eigenvalue weighted by atomic mass is 10.2. The average Bonchev–Trinajstić information content (AvgIpc) is 1.84. The summed E-state index contributed by atoms with van der Waals surface area (Å²) in [7, 11) is 0. The Labute approximate surface area is 59.8 Å². The Morgan fingerprint density at radius 1 is 1.75 bits per heavy atom. The monoisotopic (exact) mass is 150 g/mol. The van der Waals surface area contributed by atoms with Crippen LogP contribution in [0.25, 0.3) is 0 Å². The normalized spacial score (nSPS) is 15.6. The highest BCUT2D eigenvalue weighted by molar-refractivity contribution is 6.36. The fourth-order valence-electron chi connectivity index (χ4n) is 0.212. The van der Waals surface area contributed by atoms with Gasteiger partial charge in [0.05, 0.1) is 0 Å². The molecule has 0 bridgehead atoms. The molecule has 0 heterocycles. The van der Waals surface area contributed by atoms with Crippen LogP contribution >= 0.6 is 23.2 Å². The van der Waals surface area contributed by atoms with Crippen molar-refractivity contribution in [2.45, 2.75) is 6.92 Å². The molecule has 0 N–H and O–H groups in total. The number of hydrogen-bond acceptors (Lipinski definition) is 0. The SMILES string of the molecule is C=CC(C)/C(Cl)=C\Cl. The van der Waals surface area contributed by atoms with Crippen molar-refractivity contribution in [1.82, 2.24) is 0 Å². The first-order chi connectivity index (χ1) is 3.72. The lowest BCUT2D eigenvalue weighted by Gasteiger charge is -1.98. The van der Waals surface area contributed by atoms with E-state index in [1.54, 1.807) is 6.08 Å². The van der Waals surface area contributed by atoms with Crippen molar-refractivity contribution >= 4 is 23.2 Å². The Morgan fingerprint density at radius 3 is 2.38 bits per heavy atom. The molecular weight excluding hydrogens is 143 g/mol. The fourth-order valence-corrected chi connectivity index (χ4v) is 0.500. The summed E-state index contributed by atoms with van der Waals surface area (Å²) >= 11 is 10.9. The third-order valence-corrected chi connectivity index (χ3v) is 1.69. The van der Waals surface area contributed by atoms with E-state index in [0.717, 1.165) is 0 Å². The summed E-state index contributed by atoms with van der Waals surface area (Å²) in [6.07, 6.45) is 1.74. The largest absolute Gasteiger partial charge is 0.102 e. The second kappa shape index (κ2) is 3.99. The summed E-state index contributed by atoms with van der Waals surface area (Å²) in [6.45, 7) is 5.47. The molecule has 0 aromatic heterocycles. The predicted octanol–water partition coefficient (Wildman–Crippen LogP) is 3.13. The van der Waals surface area contributed by atoms with Crippen LogP contribution in [0.5, 0.6) is 0 Å². The summed E-state index contributed by atoms with van der Waals surface area (Å²) in [5, 5.41) is 0.627. The van der Waals surface area contributed by atoms with Crippen LogP contribution in [-0.4, -0.2) is 0 Å². The van der Waals surface area contributed by atoms with Gasteiger partial charge in [-0.3, -0.25) is 0 Å². The van der Waals surface area contributed by atoms with Gasteiger partial charge in [0.15, 0.2) is 0 Å². The molecule has 0 spiro atoms. The quantitative estimate of drug-likeness (QED) is 0.532. The van der Waals surface area contributed by atoms with Crippen LogP contribution in [0.4, 0.5) is 0 Å². The Balaban J connectivity index is 3.81. The Morgan fingerprint density at radius 2 is 2.25 bits per heavy atom. The van der Waals surface area contributed by atoms with Gasteiger partial charge in [-0.1, -0.05) is 36.2 Å². The molecular formula is C6H8Cl2. The first-order valence-corrected chi connectivity index (χ1v) is 3.12. The molecule has 0 aliphatic rings. The van der Waals surface area contributed by atoms with E-state index < -0.39 is 0 Å². The highest BCUT2D eigenvalue weighted by Gasteiger charge is 1.97. The van der Waals surface area contributed by atoms with Crippen molar-refractivity contribution in [2.75, 3.05) is 0 Å². The highest BCUT2D eigenvalue weighted by Crippen LogP contribution is 2.15. The standard InChI is InChI=1S/C6H8Cl2/c1-3-5(2)6(8)4-7/h3-5H,1H2,2H3/b6-4+. The molecule has 0 aromatic carbocycles. The topological polar surface area (TPSA) is 0 Å². The number of allylic oxidation sites excluding steroid dienone is 2. The van der Waals surface area contributed by atoms with Gasteiger partial charge in [-0.15, -0.1) is 6.58 Å². The Bertz CT molecular complexity index is 105. The molecule has 0 saturated heterocycles. The fraction of sp³-hybridized carbons (Fsp3) is 0.333. The summed E-state index contributed by atoms with van der Waals surface area (Å²) in [4.78, 5) is 0. The minimum absolute atomic E-state index is 0.175. The molecule has 1 atom stereocenters. The molecule has 1 unspecified atom stereocenters. The van der Waals surface area contributed by atoms with Gasteiger partial charge in [-0.05, 0) is 0 Å². The zero-order valence-electron chi connectivity index (χ0n) is 4.70. The second-order valence-corrected chi connectivity index (χ2v) is 2.17. The maximum Gasteiger partial charge on any atom is 0.0359 e. The molecule has 0 radical (unpaired) electrons. The maximum absolute atomic E-state index is 5.57. The first kappa shape index (κ1) is 8.06. The lowest BCUT2D eigenvalue weighted by Crippen LogP contribution is -1.84. The van der Waals surface area contributed by atoms with E-state index >= 15 is 0 Å². The Hall–Kier alpha value is 0.0600. The van der Waals surface area contributed by atoms with E-state index in [1.165, 1.54) is 5.54 Å². The molecule has 0 saturated carbocycles. The van der Waals surface area contributed by atoms with Gasteiger partial charge in [0.1, 0.15) is 0 Å². The molecule has 0 nitrogen and oxygen atoms in total. The summed E-state index contributed by atoms with van der Waals surface area (Å²) in [5.74, 6) is 0.175. The van der Waals surface area contributed by atoms with Crippen LogP contribution in [0.1, 0.15) is 6.92 Å². The average molecular weight is 151 g/mol. The van der Waals surface area contributed by atoms with E-state index in [1.807, 2.05) is 6.92 Å². The van der Waals surface area contributed by atoms with E-state index in [-0.39, 0.29) is 5.92 Å². The molecule has 46 valence electrons. The van der Waals surface area contributed by atoms with Crippen molar-refractivity contribution < 1.29 is 0 Å². The van der Waals surface area contributed by atoms with Crippen molar-refractivity contribution in [2.24, 2.45) is 5.92 Å². The van der Waals surface area contributed by atoms with Crippen molar-refractivity contribution in [3.05, 3.63) is 23.2 Å². The highest BCUT2D eigenvalue weighted by atomic mass is 35.5. The number of halogens is 2. The van der Waals surface area contributed by atoms with Crippen LogP contribution in [0.3, 0.4) is 0 Å². The van der Waals surface area contributed by atoms with Gasteiger partial charge in [-0.2, -0.15) is 0 Å². The van der Waals surface area contributed by atoms with Gasteiger partial charge in [0, 0.05) is 16.5 Å². The number of hydrogen-bond donors (Lipinski definition) is 0. The third kappa shape index (κ3) is 2.39. The Kier molecular flexibility index (Phi) is 4.02. The van der Waals surface area contributed by atoms with E-state index in [4.69, 9.17) is 23.2 Å². The molecule has 2 heteroatoms. The zero-order chi connectivity index (χ0) is 6.57. The van der Waals surface area contributed by atoms with Gasteiger partial charge < -0.3 is 0 Å². The summed E-state index contributed by atoms with van der Waals surface area (Å²) in [5.41, 5.74) is 1.36. The summed E-state index contributed by atoms with van der Waals surface area (Å²) in [6, 6.07) is 0.